The monoisotopic (exact) mass is 694 g/mol. The molecule has 14 atom stereocenters. The first kappa shape index (κ1) is 31.9. The van der Waals surface area contributed by atoms with Crippen molar-refractivity contribution < 1.29 is 0 Å². The lowest BCUT2D eigenvalue weighted by atomic mass is 9.22. The average Bonchev–Trinajstić information content (AvgIpc) is 3.63. The molecule has 5 saturated carbocycles. The van der Waals surface area contributed by atoms with E-state index in [0.29, 0.717) is 12.0 Å². The number of hydrogen-bond acceptors (Lipinski definition) is 3. The second kappa shape index (κ2) is 11.1. The molecule has 5 heterocycles. The van der Waals surface area contributed by atoms with Crippen molar-refractivity contribution in [1.29, 1.82) is 0 Å². The standard InChI is InChI=1S/C48H64BN3/c1-25-20-27(3)41(28(4)21-25)32-14-16-35-40(24-32)50-39-13-9-10-31-15-18-36-46(42(31)39)52-47-37(49(36)43-29(5)22-26(2)23-30(43)6)19-17-34-33-11-7-8-12-38(33)51(44(34)47)45(35)48(50)52/h20-23,31-40,42,44,46-47H,7-19,24H2,1-6H3. The Labute approximate surface area is 315 Å². The van der Waals surface area contributed by atoms with Gasteiger partial charge in [-0.15, -0.1) is 0 Å². The van der Waals surface area contributed by atoms with E-state index in [1.54, 1.807) is 33.3 Å². The van der Waals surface area contributed by atoms with Crippen LogP contribution in [0.3, 0.4) is 0 Å². The molecule has 5 aliphatic heterocycles. The zero-order chi connectivity index (χ0) is 34.9. The van der Waals surface area contributed by atoms with E-state index in [1.165, 1.54) is 101 Å². The molecule has 52 heavy (non-hydrogen) atoms. The molecule has 0 bridgehead atoms. The fourth-order valence-corrected chi connectivity index (χ4v) is 17.7. The van der Waals surface area contributed by atoms with Gasteiger partial charge in [-0.1, -0.05) is 90.5 Å². The van der Waals surface area contributed by atoms with Gasteiger partial charge in [0.2, 0.25) is 0 Å². The van der Waals surface area contributed by atoms with Gasteiger partial charge in [0, 0.05) is 42.0 Å². The summed E-state index contributed by atoms with van der Waals surface area (Å²) in [6.45, 7) is 15.2. The van der Waals surface area contributed by atoms with Gasteiger partial charge in [-0.2, -0.15) is 0 Å². The summed E-state index contributed by atoms with van der Waals surface area (Å²) < 4.78 is 0. The maximum Gasteiger partial charge on any atom is 0.187 e. The van der Waals surface area contributed by atoms with Gasteiger partial charge in [0.15, 0.2) is 6.71 Å². The molecule has 0 N–H and O–H groups in total. The van der Waals surface area contributed by atoms with E-state index < -0.39 is 0 Å². The fourth-order valence-electron chi connectivity index (χ4n) is 17.7. The van der Waals surface area contributed by atoms with Crippen LogP contribution in [0.2, 0.25) is 11.6 Å². The van der Waals surface area contributed by atoms with Crippen molar-refractivity contribution in [3.05, 3.63) is 74.7 Å². The van der Waals surface area contributed by atoms with Gasteiger partial charge >= 0.3 is 0 Å². The minimum atomic E-state index is 0.702. The Morgan fingerprint density at radius 1 is 0.538 bits per heavy atom. The summed E-state index contributed by atoms with van der Waals surface area (Å²) in [5.74, 6) is 8.60. The second-order valence-corrected chi connectivity index (χ2v) is 20.7. The van der Waals surface area contributed by atoms with Crippen LogP contribution >= 0.6 is 0 Å². The summed E-state index contributed by atoms with van der Waals surface area (Å²) >= 11 is 0. The van der Waals surface area contributed by atoms with E-state index in [2.05, 4.69) is 80.5 Å². The second-order valence-electron chi connectivity index (χ2n) is 20.7. The lowest BCUT2D eigenvalue weighted by molar-refractivity contribution is -0.120. The zero-order valence-electron chi connectivity index (χ0n) is 33.2. The molecule has 0 spiro atoms. The number of rotatable bonds is 2. The Bertz CT molecular complexity index is 1830. The summed E-state index contributed by atoms with van der Waals surface area (Å²) in [4.78, 5) is 10.0. The van der Waals surface area contributed by atoms with E-state index in [-0.39, 0.29) is 0 Å². The third-order valence-corrected chi connectivity index (χ3v) is 18.5. The molecule has 3 nitrogen and oxygen atoms in total. The van der Waals surface area contributed by atoms with Crippen LogP contribution in [0.5, 0.6) is 0 Å². The fraction of sp³-hybridized carbons (Fsp3) is 0.708. The van der Waals surface area contributed by atoms with Gasteiger partial charge in [0.25, 0.3) is 0 Å². The average molecular weight is 694 g/mol. The van der Waals surface area contributed by atoms with Crippen molar-refractivity contribution in [3.63, 3.8) is 0 Å². The molecule has 3 saturated heterocycles. The largest absolute Gasteiger partial charge is 0.363 e. The molecule has 0 amide bonds. The first-order valence-electron chi connectivity index (χ1n) is 22.5. The third kappa shape index (κ3) is 3.97. The molecule has 0 radical (unpaired) electrons. The highest BCUT2D eigenvalue weighted by atomic mass is 15.5. The van der Waals surface area contributed by atoms with Gasteiger partial charge in [-0.25, -0.2) is 0 Å². The van der Waals surface area contributed by atoms with Gasteiger partial charge in [0.1, 0.15) is 5.82 Å². The highest BCUT2D eigenvalue weighted by molar-refractivity contribution is 6.77. The Morgan fingerprint density at radius 2 is 1.23 bits per heavy atom. The Kier molecular flexibility index (Phi) is 6.83. The Morgan fingerprint density at radius 3 is 2.02 bits per heavy atom. The molecular weight excluding hydrogens is 629 g/mol. The van der Waals surface area contributed by atoms with Gasteiger partial charge in [0.05, 0.1) is 11.7 Å². The van der Waals surface area contributed by atoms with Crippen LogP contribution in [0.15, 0.2) is 35.8 Å². The van der Waals surface area contributed by atoms with Crippen LogP contribution in [-0.2, 0) is 0 Å². The molecular formula is C48H64BN3. The molecule has 2 aromatic carbocycles. The minimum absolute atomic E-state index is 0.702. The number of aryl methyl sites for hydroxylation is 6. The van der Waals surface area contributed by atoms with Gasteiger partial charge < -0.3 is 14.7 Å². The predicted octanol–water partition coefficient (Wildman–Crippen LogP) is 9.73. The minimum Gasteiger partial charge on any atom is -0.363 e. The van der Waals surface area contributed by atoms with Crippen LogP contribution < -0.4 is 5.46 Å². The zero-order valence-corrected chi connectivity index (χ0v) is 33.2. The van der Waals surface area contributed by atoms with E-state index in [9.17, 15) is 0 Å². The van der Waals surface area contributed by atoms with Gasteiger partial charge in [-0.05, 0) is 145 Å². The van der Waals surface area contributed by atoms with Crippen LogP contribution in [0.4, 0.5) is 0 Å². The number of nitrogens with zero attached hydrogens (tertiary/aromatic N) is 3. The topological polar surface area (TPSA) is 9.72 Å². The van der Waals surface area contributed by atoms with E-state index in [4.69, 9.17) is 0 Å². The number of fused-ring (bicyclic) bond motifs is 8. The molecule has 0 aromatic heterocycles. The summed E-state index contributed by atoms with van der Waals surface area (Å²) in [5, 5.41) is 0. The summed E-state index contributed by atoms with van der Waals surface area (Å²) in [6.07, 6.45) is 20.4. The smallest absolute Gasteiger partial charge is 0.187 e. The molecule has 14 unspecified atom stereocenters. The first-order chi connectivity index (χ1) is 25.3. The maximum absolute atomic E-state index is 3.39. The van der Waals surface area contributed by atoms with Crippen molar-refractivity contribution >= 4 is 12.2 Å². The Hall–Kier alpha value is -2.36. The normalized spacial score (nSPS) is 43.4. The number of benzene rings is 2. The molecule has 10 aliphatic rings. The molecule has 12 rings (SSSR count). The molecule has 274 valence electrons. The van der Waals surface area contributed by atoms with E-state index in [1.807, 2.05) is 11.5 Å². The summed E-state index contributed by atoms with van der Waals surface area (Å²) in [6, 6.07) is 14.6. The van der Waals surface area contributed by atoms with Crippen molar-refractivity contribution in [2.75, 3.05) is 0 Å². The quantitative estimate of drug-likeness (QED) is 0.290. The van der Waals surface area contributed by atoms with Crippen LogP contribution in [0, 0.1) is 71.1 Å². The first-order valence-corrected chi connectivity index (χ1v) is 22.5. The SMILES string of the molecule is Cc1cc(C)c(B2C3CCC4CCCC5C4C3N3C4=C(C6CCC(c7c(C)cc(C)cc7C)CC6N45)N4C5CCCCC5C5CCC2C3C54)c(C)c1. The van der Waals surface area contributed by atoms with Crippen molar-refractivity contribution in [3.8, 4) is 0 Å². The molecule has 8 fully saturated rings. The van der Waals surface area contributed by atoms with E-state index in [0.717, 1.165) is 78.1 Å². The highest BCUT2D eigenvalue weighted by Crippen LogP contribution is 2.69. The van der Waals surface area contributed by atoms with Crippen molar-refractivity contribution in [2.24, 2.45) is 29.6 Å². The number of hydrogen-bond donors (Lipinski definition) is 0. The van der Waals surface area contributed by atoms with Gasteiger partial charge in [-0.3, -0.25) is 0 Å². The van der Waals surface area contributed by atoms with Crippen LogP contribution in [0.1, 0.15) is 135 Å². The third-order valence-electron chi connectivity index (χ3n) is 18.5. The molecule has 5 aliphatic carbocycles. The van der Waals surface area contributed by atoms with Crippen LogP contribution in [-0.4, -0.2) is 57.7 Å². The predicted molar refractivity (Wildman–Crippen MR) is 214 cm³/mol. The summed E-state index contributed by atoms with van der Waals surface area (Å²) in [7, 11) is 0. The van der Waals surface area contributed by atoms with E-state index >= 15 is 0 Å². The molecule has 2 aromatic rings. The van der Waals surface area contributed by atoms with Crippen LogP contribution in [0.25, 0.3) is 0 Å². The maximum atomic E-state index is 3.39. The lowest BCUT2D eigenvalue weighted by Crippen LogP contribution is -2.77. The lowest BCUT2D eigenvalue weighted by Gasteiger charge is -2.71. The molecule has 4 heteroatoms. The highest BCUT2D eigenvalue weighted by Gasteiger charge is 2.72. The van der Waals surface area contributed by atoms with Crippen molar-refractivity contribution in [1.82, 2.24) is 14.7 Å². The van der Waals surface area contributed by atoms with Crippen molar-refractivity contribution in [2.45, 2.75) is 185 Å². The Balaban J connectivity index is 1.06. The summed E-state index contributed by atoms with van der Waals surface area (Å²) in [5.41, 5.74) is 14.7.